The van der Waals surface area contributed by atoms with Crippen molar-refractivity contribution in [1.29, 1.82) is 0 Å². The van der Waals surface area contributed by atoms with Gasteiger partial charge in [0.25, 0.3) is 5.54 Å². The maximum atomic E-state index is 12.5. The number of hydrogen-bond acceptors (Lipinski definition) is 4. The van der Waals surface area contributed by atoms with E-state index >= 15 is 0 Å². The number of esters is 1. The van der Waals surface area contributed by atoms with Crippen LogP contribution in [0.5, 0.6) is 0 Å². The zero-order chi connectivity index (χ0) is 16.0. The Kier molecular flexibility index (Phi) is 3.35. The zero-order valence-electron chi connectivity index (χ0n) is 12.8. The molecule has 0 aromatic heterocycles. The molecule has 0 aliphatic carbocycles. The number of hydroxylamine groups is 1. The van der Waals surface area contributed by atoms with Gasteiger partial charge in [0.1, 0.15) is 10.3 Å². The van der Waals surface area contributed by atoms with Gasteiger partial charge in [0.05, 0.1) is 12.7 Å². The van der Waals surface area contributed by atoms with Crippen molar-refractivity contribution in [1.82, 2.24) is 0 Å². The highest BCUT2D eigenvalue weighted by atomic mass is 16.5. The minimum absolute atomic E-state index is 0.0569. The third-order valence-electron chi connectivity index (χ3n) is 4.46. The predicted molar refractivity (Wildman–Crippen MR) is 77.3 cm³/mol. The highest BCUT2D eigenvalue weighted by Gasteiger charge is 2.68. The number of carbonyl (C=O) groups is 1. The van der Waals surface area contributed by atoms with Crippen LogP contribution in [0.15, 0.2) is 24.3 Å². The lowest BCUT2D eigenvalue weighted by Crippen LogP contribution is -2.50. The molecule has 0 bridgehead atoms. The van der Waals surface area contributed by atoms with Gasteiger partial charge in [-0.3, -0.25) is 0 Å². The summed E-state index contributed by atoms with van der Waals surface area (Å²) in [5.41, 5.74) is -0.865. The highest BCUT2D eigenvalue weighted by molar-refractivity contribution is 5.93. The first-order valence-electron chi connectivity index (χ1n) is 6.65. The number of nitroso groups, excluding NO2 is 1. The first kappa shape index (κ1) is 15.2. The van der Waals surface area contributed by atoms with Crippen LogP contribution in [-0.2, 0) is 4.74 Å². The van der Waals surface area contributed by atoms with Gasteiger partial charge in [0.15, 0.2) is 0 Å². The second-order valence-electron chi connectivity index (χ2n) is 6.10. The Hall–Kier alpha value is -2.24. The third-order valence-corrected chi connectivity index (χ3v) is 4.46. The summed E-state index contributed by atoms with van der Waals surface area (Å²) in [7, 11) is 1.30. The number of carbonyl (C=O) groups excluding carboxylic acids is 1. The van der Waals surface area contributed by atoms with E-state index < -0.39 is 17.0 Å². The molecule has 1 aromatic rings. The van der Waals surface area contributed by atoms with Gasteiger partial charge in [-0.1, -0.05) is 0 Å². The SMILES string of the molecule is COC(=O)c1ccc(C2=[N+]([O-])C(C)(C)C(C)(C)[N+]2=O)cc1. The molecule has 1 aromatic carbocycles. The Labute approximate surface area is 123 Å². The van der Waals surface area contributed by atoms with Gasteiger partial charge in [0, 0.05) is 32.6 Å². The van der Waals surface area contributed by atoms with Crippen LogP contribution < -0.4 is 0 Å². The Morgan fingerprint density at radius 2 is 1.62 bits per heavy atom. The second kappa shape index (κ2) is 4.65. The van der Waals surface area contributed by atoms with E-state index in [2.05, 4.69) is 4.74 Å². The first-order valence-corrected chi connectivity index (χ1v) is 6.65. The number of benzene rings is 1. The van der Waals surface area contributed by atoms with Crippen LogP contribution >= 0.6 is 0 Å². The van der Waals surface area contributed by atoms with Crippen LogP contribution in [0.3, 0.4) is 0 Å². The molecule has 0 N–H and O–H groups in total. The molecule has 1 aliphatic rings. The molecule has 0 saturated heterocycles. The molecule has 1 heterocycles. The molecule has 0 amide bonds. The van der Waals surface area contributed by atoms with E-state index in [1.54, 1.807) is 39.8 Å². The number of amidine groups is 1. The minimum atomic E-state index is -0.856. The molecule has 0 radical (unpaired) electrons. The Balaban J connectivity index is 2.50. The average Bonchev–Trinajstić information content (AvgIpc) is 2.57. The standard InChI is InChI=1S/C15H19N2O4/c1-14(2)15(3,4)17(20)12(16(14)19)10-6-8-11(9-7-10)13(18)21-5/h6-9H,1-5H3/q+1. The van der Waals surface area contributed by atoms with Gasteiger partial charge in [-0.15, -0.1) is 4.74 Å². The van der Waals surface area contributed by atoms with Gasteiger partial charge in [-0.2, -0.15) is 0 Å². The van der Waals surface area contributed by atoms with Crippen molar-refractivity contribution in [2.24, 2.45) is 0 Å². The lowest BCUT2D eigenvalue weighted by atomic mass is 9.84. The maximum Gasteiger partial charge on any atom is 0.504 e. The predicted octanol–water partition coefficient (Wildman–Crippen LogP) is 2.08. The van der Waals surface area contributed by atoms with Crippen LogP contribution in [-0.4, -0.2) is 39.5 Å². The molecule has 6 nitrogen and oxygen atoms in total. The normalized spacial score (nSPS) is 19.8. The molecule has 0 fully saturated rings. The molecule has 21 heavy (non-hydrogen) atoms. The summed E-state index contributed by atoms with van der Waals surface area (Å²) >= 11 is 0. The summed E-state index contributed by atoms with van der Waals surface area (Å²) in [6.45, 7) is 6.95. The summed E-state index contributed by atoms with van der Waals surface area (Å²) in [6.07, 6.45) is 0. The van der Waals surface area contributed by atoms with Gasteiger partial charge in [-0.05, 0) is 24.3 Å². The molecule has 112 valence electrons. The Bertz CT molecular complexity index is 642. The Morgan fingerprint density at radius 3 is 2.00 bits per heavy atom. The van der Waals surface area contributed by atoms with E-state index in [1.807, 2.05) is 0 Å². The quantitative estimate of drug-likeness (QED) is 0.475. The van der Waals surface area contributed by atoms with E-state index in [1.165, 1.54) is 19.2 Å². The summed E-state index contributed by atoms with van der Waals surface area (Å²) in [5, 5.41) is 12.5. The lowest BCUT2D eigenvalue weighted by Gasteiger charge is -2.22. The summed E-state index contributed by atoms with van der Waals surface area (Å²) in [6, 6.07) is 6.23. The fourth-order valence-electron chi connectivity index (χ4n) is 2.22. The average molecular weight is 291 g/mol. The summed E-state index contributed by atoms with van der Waals surface area (Å²) in [4.78, 5) is 23.9. The van der Waals surface area contributed by atoms with Crippen molar-refractivity contribution in [3.05, 3.63) is 45.5 Å². The maximum absolute atomic E-state index is 12.5. The van der Waals surface area contributed by atoms with Gasteiger partial charge >= 0.3 is 11.8 Å². The van der Waals surface area contributed by atoms with Crippen molar-refractivity contribution in [2.45, 2.75) is 38.8 Å². The number of rotatable bonds is 2. The zero-order valence-corrected chi connectivity index (χ0v) is 12.8. The molecule has 0 atom stereocenters. The molecular formula is C15H19N2O4+. The van der Waals surface area contributed by atoms with Crippen molar-refractivity contribution in [3.63, 3.8) is 0 Å². The van der Waals surface area contributed by atoms with E-state index in [9.17, 15) is 14.9 Å². The van der Waals surface area contributed by atoms with Gasteiger partial charge < -0.3 is 9.94 Å². The monoisotopic (exact) mass is 291 g/mol. The van der Waals surface area contributed by atoms with Gasteiger partial charge in [-0.25, -0.2) is 4.79 Å². The number of hydrogen-bond donors (Lipinski definition) is 0. The fourth-order valence-corrected chi connectivity index (χ4v) is 2.22. The van der Waals surface area contributed by atoms with Gasteiger partial charge in [0.2, 0.25) is 5.54 Å². The van der Waals surface area contributed by atoms with Crippen molar-refractivity contribution in [3.8, 4) is 0 Å². The van der Waals surface area contributed by atoms with Crippen molar-refractivity contribution in [2.75, 3.05) is 7.11 Å². The lowest BCUT2D eigenvalue weighted by molar-refractivity contribution is -0.555. The number of nitrogens with zero attached hydrogens (tertiary/aromatic N) is 2. The van der Waals surface area contributed by atoms with Crippen LogP contribution in [0.25, 0.3) is 0 Å². The molecule has 2 rings (SSSR count). The van der Waals surface area contributed by atoms with E-state index in [4.69, 9.17) is 0 Å². The van der Waals surface area contributed by atoms with Crippen LogP contribution in [0.1, 0.15) is 43.6 Å². The molecule has 0 spiro atoms. The van der Waals surface area contributed by atoms with Crippen LogP contribution in [0.4, 0.5) is 0 Å². The molecule has 1 aliphatic heterocycles. The number of ether oxygens (including phenoxy) is 1. The largest absolute Gasteiger partial charge is 0.618 e. The number of methoxy groups -OCH3 is 1. The highest BCUT2D eigenvalue weighted by Crippen LogP contribution is 2.35. The van der Waals surface area contributed by atoms with Crippen LogP contribution in [0.2, 0.25) is 0 Å². The van der Waals surface area contributed by atoms with E-state index in [0.29, 0.717) is 11.1 Å². The fraction of sp³-hybridized carbons (Fsp3) is 0.467. The topological polar surface area (TPSA) is 72.5 Å². The summed E-state index contributed by atoms with van der Waals surface area (Å²) < 4.78 is 6.11. The smallest absolute Gasteiger partial charge is 0.504 e. The van der Waals surface area contributed by atoms with Crippen LogP contribution in [0, 0.1) is 10.1 Å². The molecule has 0 saturated carbocycles. The Morgan fingerprint density at radius 1 is 1.10 bits per heavy atom. The first-order chi connectivity index (χ1) is 9.64. The third kappa shape index (κ3) is 2.02. The molecule has 6 heteroatoms. The van der Waals surface area contributed by atoms with Crippen molar-refractivity contribution >= 4 is 11.8 Å². The molecular weight excluding hydrogens is 272 g/mol. The molecule has 0 unspecified atom stereocenters. The summed E-state index contributed by atoms with van der Waals surface area (Å²) in [5.74, 6) is -0.405. The second-order valence-corrected chi connectivity index (χ2v) is 6.10. The van der Waals surface area contributed by atoms with Crippen molar-refractivity contribution < 1.29 is 19.0 Å². The minimum Gasteiger partial charge on any atom is -0.618 e. The van der Waals surface area contributed by atoms with E-state index in [0.717, 1.165) is 9.50 Å². The van der Waals surface area contributed by atoms with E-state index in [-0.39, 0.29) is 5.84 Å².